The van der Waals surface area contributed by atoms with Crippen molar-refractivity contribution in [2.75, 3.05) is 6.61 Å². The number of para-hydroxylation sites is 1. The first-order valence-electron chi connectivity index (χ1n) is 5.34. The van der Waals surface area contributed by atoms with Crippen LogP contribution in [0.5, 0.6) is 5.75 Å². The zero-order chi connectivity index (χ0) is 11.8. The fourth-order valence-electron chi connectivity index (χ4n) is 1.16. The summed E-state index contributed by atoms with van der Waals surface area (Å²) in [6.07, 6.45) is 2.80. The number of carbonyl (C=O) groups is 1. The molecule has 1 aromatic rings. The van der Waals surface area contributed by atoms with Gasteiger partial charge in [0.05, 0.1) is 6.61 Å². The predicted molar refractivity (Wildman–Crippen MR) is 63.4 cm³/mol. The zero-order valence-corrected chi connectivity index (χ0v) is 9.44. The van der Waals surface area contributed by atoms with E-state index in [9.17, 15) is 4.79 Å². The second-order valence-corrected chi connectivity index (χ2v) is 3.30. The Kier molecular flexibility index (Phi) is 5.12. The molecule has 0 amide bonds. The molecule has 0 heterocycles. The SMILES string of the molecule is C=Cc1ccccc1OC(=O)OCCCC. The van der Waals surface area contributed by atoms with E-state index in [1.165, 1.54) is 0 Å². The molecule has 16 heavy (non-hydrogen) atoms. The Labute approximate surface area is 95.7 Å². The largest absolute Gasteiger partial charge is 0.513 e. The van der Waals surface area contributed by atoms with E-state index in [2.05, 4.69) is 6.58 Å². The molecule has 0 saturated carbocycles. The molecule has 0 spiro atoms. The maximum atomic E-state index is 11.3. The molecule has 0 aliphatic rings. The average molecular weight is 220 g/mol. The predicted octanol–water partition coefficient (Wildman–Crippen LogP) is 3.65. The number of unbranched alkanes of at least 4 members (excludes halogenated alkanes) is 1. The Bertz CT molecular complexity index is 358. The lowest BCUT2D eigenvalue weighted by atomic mass is 10.2. The Hall–Kier alpha value is -1.77. The Morgan fingerprint density at radius 1 is 1.44 bits per heavy atom. The molecular weight excluding hydrogens is 204 g/mol. The molecule has 0 aromatic heterocycles. The second-order valence-electron chi connectivity index (χ2n) is 3.30. The van der Waals surface area contributed by atoms with Crippen molar-refractivity contribution >= 4 is 12.2 Å². The number of carbonyl (C=O) groups excluding carboxylic acids is 1. The quantitative estimate of drug-likeness (QED) is 0.431. The van der Waals surface area contributed by atoms with Gasteiger partial charge in [-0.15, -0.1) is 0 Å². The molecular formula is C13H16O3. The summed E-state index contributed by atoms with van der Waals surface area (Å²) in [6.45, 7) is 6.07. The first-order valence-corrected chi connectivity index (χ1v) is 5.34. The standard InChI is InChI=1S/C13H16O3/c1-3-5-10-15-13(14)16-12-9-7-6-8-11(12)4-2/h4,6-9H,2-3,5,10H2,1H3. The Balaban J connectivity index is 2.52. The van der Waals surface area contributed by atoms with E-state index in [4.69, 9.17) is 9.47 Å². The van der Waals surface area contributed by atoms with E-state index in [1.807, 2.05) is 19.1 Å². The topological polar surface area (TPSA) is 35.5 Å². The van der Waals surface area contributed by atoms with Gasteiger partial charge in [-0.2, -0.15) is 0 Å². The highest BCUT2D eigenvalue weighted by Gasteiger charge is 2.07. The molecule has 0 radical (unpaired) electrons. The highest BCUT2D eigenvalue weighted by atomic mass is 16.7. The molecule has 1 aromatic carbocycles. The lowest BCUT2D eigenvalue weighted by Crippen LogP contribution is -2.11. The average Bonchev–Trinajstić information content (AvgIpc) is 2.30. The van der Waals surface area contributed by atoms with Gasteiger partial charge in [0.1, 0.15) is 5.75 Å². The minimum absolute atomic E-state index is 0.394. The van der Waals surface area contributed by atoms with E-state index in [0.29, 0.717) is 12.4 Å². The maximum absolute atomic E-state index is 11.3. The summed E-state index contributed by atoms with van der Waals surface area (Å²) >= 11 is 0. The van der Waals surface area contributed by atoms with E-state index >= 15 is 0 Å². The molecule has 0 saturated heterocycles. The van der Waals surface area contributed by atoms with Crippen molar-refractivity contribution in [1.82, 2.24) is 0 Å². The van der Waals surface area contributed by atoms with Gasteiger partial charge < -0.3 is 9.47 Å². The zero-order valence-electron chi connectivity index (χ0n) is 9.44. The number of rotatable bonds is 5. The van der Waals surface area contributed by atoms with Gasteiger partial charge in [0.25, 0.3) is 0 Å². The number of benzene rings is 1. The van der Waals surface area contributed by atoms with Crippen LogP contribution in [0.4, 0.5) is 4.79 Å². The van der Waals surface area contributed by atoms with Gasteiger partial charge in [-0.05, 0) is 12.5 Å². The van der Waals surface area contributed by atoms with Crippen LogP contribution < -0.4 is 4.74 Å². The van der Waals surface area contributed by atoms with Crippen LogP contribution in [0.25, 0.3) is 6.08 Å². The van der Waals surface area contributed by atoms with Crippen molar-refractivity contribution < 1.29 is 14.3 Å². The molecule has 0 atom stereocenters. The first kappa shape index (κ1) is 12.3. The third-order valence-electron chi connectivity index (χ3n) is 2.05. The summed E-state index contributed by atoms with van der Waals surface area (Å²) in [6, 6.07) is 7.17. The van der Waals surface area contributed by atoms with Crippen LogP contribution in [0, 0.1) is 0 Å². The summed E-state index contributed by atoms with van der Waals surface area (Å²) in [5.41, 5.74) is 0.773. The van der Waals surface area contributed by atoms with Crippen molar-refractivity contribution in [3.63, 3.8) is 0 Å². The highest BCUT2D eigenvalue weighted by Crippen LogP contribution is 2.19. The highest BCUT2D eigenvalue weighted by molar-refractivity contribution is 5.67. The minimum Gasteiger partial charge on any atom is -0.434 e. The van der Waals surface area contributed by atoms with Crippen LogP contribution in [0.15, 0.2) is 30.8 Å². The van der Waals surface area contributed by atoms with Crippen LogP contribution in [-0.2, 0) is 4.74 Å². The monoisotopic (exact) mass is 220 g/mol. The van der Waals surface area contributed by atoms with Crippen molar-refractivity contribution in [2.24, 2.45) is 0 Å². The summed E-state index contributed by atoms with van der Waals surface area (Å²) in [5, 5.41) is 0. The van der Waals surface area contributed by atoms with Crippen LogP contribution >= 0.6 is 0 Å². The van der Waals surface area contributed by atoms with Crippen LogP contribution in [0.3, 0.4) is 0 Å². The molecule has 0 N–H and O–H groups in total. The van der Waals surface area contributed by atoms with E-state index in [-0.39, 0.29) is 0 Å². The third-order valence-corrected chi connectivity index (χ3v) is 2.05. The van der Waals surface area contributed by atoms with E-state index in [0.717, 1.165) is 18.4 Å². The third kappa shape index (κ3) is 3.77. The van der Waals surface area contributed by atoms with Crippen LogP contribution in [0.1, 0.15) is 25.3 Å². The molecule has 86 valence electrons. The first-order chi connectivity index (χ1) is 7.77. The normalized spacial score (nSPS) is 9.56. The Morgan fingerprint density at radius 3 is 2.88 bits per heavy atom. The second kappa shape index (κ2) is 6.67. The Morgan fingerprint density at radius 2 is 2.19 bits per heavy atom. The van der Waals surface area contributed by atoms with E-state index in [1.54, 1.807) is 18.2 Å². The molecule has 0 unspecified atom stereocenters. The van der Waals surface area contributed by atoms with Gasteiger partial charge in [-0.25, -0.2) is 4.79 Å². The molecule has 3 heteroatoms. The van der Waals surface area contributed by atoms with Crippen molar-refractivity contribution in [3.05, 3.63) is 36.4 Å². The summed E-state index contributed by atoms with van der Waals surface area (Å²) in [7, 11) is 0. The van der Waals surface area contributed by atoms with Gasteiger partial charge in [0, 0.05) is 5.56 Å². The van der Waals surface area contributed by atoms with Gasteiger partial charge in [-0.3, -0.25) is 0 Å². The molecule has 0 aliphatic carbocycles. The summed E-state index contributed by atoms with van der Waals surface area (Å²) < 4.78 is 9.94. The summed E-state index contributed by atoms with van der Waals surface area (Å²) in [4.78, 5) is 11.3. The van der Waals surface area contributed by atoms with Crippen molar-refractivity contribution in [2.45, 2.75) is 19.8 Å². The number of ether oxygens (including phenoxy) is 2. The van der Waals surface area contributed by atoms with E-state index < -0.39 is 6.16 Å². The fourth-order valence-corrected chi connectivity index (χ4v) is 1.16. The fraction of sp³-hybridized carbons (Fsp3) is 0.308. The van der Waals surface area contributed by atoms with Crippen molar-refractivity contribution in [1.29, 1.82) is 0 Å². The molecule has 1 rings (SSSR count). The summed E-state index contributed by atoms with van der Waals surface area (Å²) in [5.74, 6) is 0.471. The maximum Gasteiger partial charge on any atom is 0.513 e. The van der Waals surface area contributed by atoms with Gasteiger partial charge in [0.15, 0.2) is 0 Å². The molecule has 3 nitrogen and oxygen atoms in total. The number of hydrogen-bond acceptors (Lipinski definition) is 3. The molecule has 0 bridgehead atoms. The molecule has 0 aliphatic heterocycles. The van der Waals surface area contributed by atoms with Crippen LogP contribution in [0.2, 0.25) is 0 Å². The van der Waals surface area contributed by atoms with Crippen molar-refractivity contribution in [3.8, 4) is 5.75 Å². The lowest BCUT2D eigenvalue weighted by Gasteiger charge is -2.07. The van der Waals surface area contributed by atoms with Gasteiger partial charge in [0.2, 0.25) is 0 Å². The lowest BCUT2D eigenvalue weighted by molar-refractivity contribution is 0.0977. The molecule has 0 fully saturated rings. The van der Waals surface area contributed by atoms with Crippen LogP contribution in [-0.4, -0.2) is 12.8 Å². The van der Waals surface area contributed by atoms with Gasteiger partial charge >= 0.3 is 6.16 Å². The van der Waals surface area contributed by atoms with Gasteiger partial charge in [-0.1, -0.05) is 44.2 Å². The number of hydrogen-bond donors (Lipinski definition) is 0. The smallest absolute Gasteiger partial charge is 0.434 e. The minimum atomic E-state index is -0.664.